The highest BCUT2D eigenvalue weighted by Crippen LogP contribution is 2.13. The lowest BCUT2D eigenvalue weighted by Crippen LogP contribution is -2.37. The van der Waals surface area contributed by atoms with E-state index in [1.807, 2.05) is 17.0 Å². The molecule has 86 valence electrons. The predicted molar refractivity (Wildman–Crippen MR) is 67.4 cm³/mol. The molecule has 0 spiro atoms. The van der Waals surface area contributed by atoms with Gasteiger partial charge in [0.15, 0.2) is 0 Å². The van der Waals surface area contributed by atoms with Crippen molar-refractivity contribution in [2.75, 3.05) is 18.2 Å². The van der Waals surface area contributed by atoms with Crippen LogP contribution < -0.4 is 5.32 Å². The van der Waals surface area contributed by atoms with Crippen molar-refractivity contribution in [3.05, 3.63) is 35.4 Å². The number of urea groups is 1. The number of rotatable bonds is 2. The largest absolute Gasteiger partial charge is 0.334 e. The van der Waals surface area contributed by atoms with Crippen LogP contribution in [0.15, 0.2) is 24.3 Å². The molecule has 0 bridgehead atoms. The molecule has 0 aliphatic carbocycles. The summed E-state index contributed by atoms with van der Waals surface area (Å²) in [4.78, 5) is 13.5. The Hall–Kier alpha value is -1.16. The van der Waals surface area contributed by atoms with Gasteiger partial charge in [-0.05, 0) is 12.5 Å². The summed E-state index contributed by atoms with van der Waals surface area (Å²) in [6.45, 7) is 3.54. The number of benzene rings is 1. The molecular weight excluding hydrogens is 220 g/mol. The average molecular weight is 236 g/mol. The lowest BCUT2D eigenvalue weighted by Gasteiger charge is -2.15. The van der Waals surface area contributed by atoms with Gasteiger partial charge in [-0.2, -0.15) is 0 Å². The van der Waals surface area contributed by atoms with E-state index in [0.29, 0.717) is 6.54 Å². The zero-order valence-corrected chi connectivity index (χ0v) is 10.2. The van der Waals surface area contributed by atoms with Gasteiger partial charge >= 0.3 is 6.03 Å². The van der Waals surface area contributed by atoms with Crippen molar-refractivity contribution in [3.63, 3.8) is 0 Å². The van der Waals surface area contributed by atoms with Crippen LogP contribution in [0.2, 0.25) is 0 Å². The van der Waals surface area contributed by atoms with Crippen LogP contribution in [0.3, 0.4) is 0 Å². The van der Waals surface area contributed by atoms with E-state index >= 15 is 0 Å². The molecule has 0 unspecified atom stereocenters. The summed E-state index contributed by atoms with van der Waals surface area (Å²) in [5.41, 5.74) is 2.39. The number of thioether (sulfide) groups is 1. The van der Waals surface area contributed by atoms with Crippen LogP contribution in [-0.4, -0.2) is 29.1 Å². The Morgan fingerprint density at radius 3 is 2.81 bits per heavy atom. The number of hydrogen-bond acceptors (Lipinski definition) is 2. The Morgan fingerprint density at radius 2 is 2.19 bits per heavy atom. The number of aryl methyl sites for hydroxylation is 1. The first-order chi connectivity index (χ1) is 7.75. The van der Waals surface area contributed by atoms with Crippen LogP contribution in [0.4, 0.5) is 4.79 Å². The first kappa shape index (κ1) is 11.3. The van der Waals surface area contributed by atoms with Gasteiger partial charge < -0.3 is 10.2 Å². The molecular formula is C12H16N2OS. The second kappa shape index (κ2) is 5.25. The van der Waals surface area contributed by atoms with E-state index in [9.17, 15) is 4.79 Å². The number of hydrogen-bond donors (Lipinski definition) is 1. The quantitative estimate of drug-likeness (QED) is 0.854. The minimum absolute atomic E-state index is 0.0468. The van der Waals surface area contributed by atoms with E-state index in [2.05, 4.69) is 24.4 Å². The van der Waals surface area contributed by atoms with E-state index in [1.165, 1.54) is 5.56 Å². The third kappa shape index (κ3) is 2.92. The molecule has 2 rings (SSSR count). The van der Waals surface area contributed by atoms with Crippen LogP contribution in [0.25, 0.3) is 0 Å². The summed E-state index contributed by atoms with van der Waals surface area (Å²) in [6, 6.07) is 8.27. The monoisotopic (exact) mass is 236 g/mol. The molecule has 1 aliphatic heterocycles. The van der Waals surface area contributed by atoms with Crippen molar-refractivity contribution in [2.45, 2.75) is 13.5 Å². The van der Waals surface area contributed by atoms with Crippen LogP contribution >= 0.6 is 11.8 Å². The Morgan fingerprint density at radius 1 is 1.44 bits per heavy atom. The summed E-state index contributed by atoms with van der Waals surface area (Å²) in [6.07, 6.45) is 0. The van der Waals surface area contributed by atoms with E-state index in [1.54, 1.807) is 11.8 Å². The summed E-state index contributed by atoms with van der Waals surface area (Å²) >= 11 is 1.80. The minimum atomic E-state index is 0.0468. The number of nitrogens with zero attached hydrogens (tertiary/aromatic N) is 1. The summed E-state index contributed by atoms with van der Waals surface area (Å²) < 4.78 is 0. The molecule has 0 saturated carbocycles. The van der Waals surface area contributed by atoms with Gasteiger partial charge in [-0.3, -0.25) is 0 Å². The maximum absolute atomic E-state index is 11.7. The molecule has 3 nitrogen and oxygen atoms in total. The van der Waals surface area contributed by atoms with Crippen molar-refractivity contribution >= 4 is 17.8 Å². The van der Waals surface area contributed by atoms with Crippen molar-refractivity contribution in [1.29, 1.82) is 0 Å². The van der Waals surface area contributed by atoms with Crippen LogP contribution in [0.1, 0.15) is 11.1 Å². The maximum Gasteiger partial charge on any atom is 0.318 e. The number of carbonyl (C=O) groups excluding carboxylic acids is 1. The summed E-state index contributed by atoms with van der Waals surface area (Å²) in [5, 5.41) is 2.93. The molecule has 16 heavy (non-hydrogen) atoms. The van der Waals surface area contributed by atoms with Gasteiger partial charge in [0.05, 0.1) is 5.88 Å². The zero-order valence-electron chi connectivity index (χ0n) is 9.40. The summed E-state index contributed by atoms with van der Waals surface area (Å²) in [7, 11) is 0. The van der Waals surface area contributed by atoms with E-state index in [4.69, 9.17) is 0 Å². The molecule has 1 fully saturated rings. The molecule has 4 heteroatoms. The second-order valence-corrected chi connectivity index (χ2v) is 5.02. The second-order valence-electron chi connectivity index (χ2n) is 3.95. The Bertz CT molecular complexity index is 358. The van der Waals surface area contributed by atoms with Crippen LogP contribution in [0, 0.1) is 6.92 Å². The molecule has 1 heterocycles. The standard InChI is InChI=1S/C12H16N2OS/c1-10-2-4-11(5-3-10)8-13-12(15)14-6-7-16-9-14/h2-5H,6-9H2,1H3,(H,13,15). The van der Waals surface area contributed by atoms with Gasteiger partial charge in [-0.25, -0.2) is 4.79 Å². The maximum atomic E-state index is 11.7. The SMILES string of the molecule is Cc1ccc(CNC(=O)N2CCSC2)cc1. The Labute approximate surface area is 100 Å². The molecule has 2 amide bonds. The van der Waals surface area contributed by atoms with E-state index in [0.717, 1.165) is 23.7 Å². The van der Waals surface area contributed by atoms with Gasteiger partial charge in [-0.15, -0.1) is 11.8 Å². The van der Waals surface area contributed by atoms with Crippen molar-refractivity contribution in [3.8, 4) is 0 Å². The molecule has 0 atom stereocenters. The van der Waals surface area contributed by atoms with E-state index in [-0.39, 0.29) is 6.03 Å². The number of nitrogens with one attached hydrogen (secondary N) is 1. The van der Waals surface area contributed by atoms with Crippen LogP contribution in [-0.2, 0) is 6.54 Å². The van der Waals surface area contributed by atoms with Gasteiger partial charge in [0.1, 0.15) is 0 Å². The highest BCUT2D eigenvalue weighted by Gasteiger charge is 2.17. The smallest absolute Gasteiger partial charge is 0.318 e. The average Bonchev–Trinajstić information content (AvgIpc) is 2.81. The zero-order chi connectivity index (χ0) is 11.4. The molecule has 0 aromatic heterocycles. The molecule has 1 aliphatic rings. The number of carbonyl (C=O) groups is 1. The van der Waals surface area contributed by atoms with Gasteiger partial charge in [0.2, 0.25) is 0 Å². The topological polar surface area (TPSA) is 32.3 Å². The first-order valence-electron chi connectivity index (χ1n) is 5.42. The van der Waals surface area contributed by atoms with Crippen molar-refractivity contribution in [2.24, 2.45) is 0 Å². The van der Waals surface area contributed by atoms with Crippen molar-refractivity contribution < 1.29 is 4.79 Å². The molecule has 1 aromatic carbocycles. The lowest BCUT2D eigenvalue weighted by molar-refractivity contribution is 0.211. The first-order valence-corrected chi connectivity index (χ1v) is 6.57. The lowest BCUT2D eigenvalue weighted by atomic mass is 10.1. The van der Waals surface area contributed by atoms with Crippen molar-refractivity contribution in [1.82, 2.24) is 10.2 Å². The molecule has 1 saturated heterocycles. The fourth-order valence-corrected chi connectivity index (χ4v) is 2.51. The van der Waals surface area contributed by atoms with Gasteiger partial charge in [0.25, 0.3) is 0 Å². The molecule has 0 radical (unpaired) electrons. The van der Waals surface area contributed by atoms with Gasteiger partial charge in [0, 0.05) is 18.8 Å². The third-order valence-corrected chi connectivity index (χ3v) is 3.57. The molecule has 1 N–H and O–H groups in total. The third-order valence-electron chi connectivity index (χ3n) is 2.60. The van der Waals surface area contributed by atoms with E-state index < -0.39 is 0 Å². The molecule has 1 aromatic rings. The summed E-state index contributed by atoms with van der Waals surface area (Å²) in [5.74, 6) is 1.87. The highest BCUT2D eigenvalue weighted by atomic mass is 32.2. The predicted octanol–water partition coefficient (Wildman–Crippen LogP) is 2.21. The Kier molecular flexibility index (Phi) is 3.72. The van der Waals surface area contributed by atoms with Crippen LogP contribution in [0.5, 0.6) is 0 Å². The number of amides is 2. The normalized spacial score (nSPS) is 15.2. The van der Waals surface area contributed by atoms with Gasteiger partial charge in [-0.1, -0.05) is 29.8 Å². The fourth-order valence-electron chi connectivity index (χ4n) is 1.57. The minimum Gasteiger partial charge on any atom is -0.334 e. The highest BCUT2D eigenvalue weighted by molar-refractivity contribution is 7.99. The Balaban J connectivity index is 1.82. The fraction of sp³-hybridized carbons (Fsp3) is 0.417.